The zero-order valence-electron chi connectivity index (χ0n) is 16.0. The van der Waals surface area contributed by atoms with Crippen molar-refractivity contribution in [3.8, 4) is 11.6 Å². The van der Waals surface area contributed by atoms with Crippen LogP contribution < -0.4 is 10.9 Å². The Kier molecular flexibility index (Phi) is 4.91. The van der Waals surface area contributed by atoms with Crippen molar-refractivity contribution < 1.29 is 10.4 Å². The van der Waals surface area contributed by atoms with Crippen LogP contribution in [-0.4, -0.2) is 21.2 Å². The smallest absolute Gasteiger partial charge is 0.265 e. The molecule has 0 saturated heterocycles. The number of nitrogens with zero attached hydrogens (tertiary/aromatic N) is 1. The lowest BCUT2D eigenvalue weighted by Gasteiger charge is -2.25. The minimum atomic E-state index is -0.337. The monoisotopic (exact) mass is 394 g/mol. The van der Waals surface area contributed by atoms with E-state index >= 15 is 0 Å². The summed E-state index contributed by atoms with van der Waals surface area (Å²) in [6, 6.07) is 15.7. The summed E-state index contributed by atoms with van der Waals surface area (Å²) in [6.45, 7) is 5.12. The third-order valence-corrected chi connectivity index (χ3v) is 5.74. The molecule has 2 heterocycles. The van der Waals surface area contributed by atoms with E-state index < -0.39 is 0 Å². The predicted octanol–water partition coefficient (Wildman–Crippen LogP) is 2.93. The lowest BCUT2D eigenvalue weighted by molar-refractivity contribution is -0.690. The highest BCUT2D eigenvalue weighted by atomic mass is 32.1. The number of benzene rings is 2. The molecule has 0 unspecified atom stereocenters. The number of fused-ring (bicyclic) bond motifs is 1. The third-order valence-electron chi connectivity index (χ3n) is 5.46. The van der Waals surface area contributed by atoms with Crippen LogP contribution in [0.15, 0.2) is 53.3 Å². The second-order valence-electron chi connectivity index (χ2n) is 7.53. The fourth-order valence-corrected chi connectivity index (χ4v) is 4.22. The lowest BCUT2D eigenvalue weighted by atomic mass is 9.90. The molecule has 1 aliphatic rings. The minimum Gasteiger partial charge on any atom is -0.494 e. The molecule has 4 N–H and O–H groups in total. The first kappa shape index (κ1) is 18.7. The SMILES string of the molecule is CC(C)c1ccc(-n2c(O)c([C@H]3[NH2+]CCc4ccccc43)c(=O)[nH]c2=S)cc1. The Labute approximate surface area is 168 Å². The molecule has 0 fully saturated rings. The van der Waals surface area contributed by atoms with Gasteiger partial charge in [-0.05, 0) is 41.4 Å². The van der Waals surface area contributed by atoms with Gasteiger partial charge in [-0.2, -0.15) is 0 Å². The van der Waals surface area contributed by atoms with Gasteiger partial charge in [0.2, 0.25) is 5.88 Å². The molecule has 1 aromatic heterocycles. The molecule has 4 rings (SSSR count). The summed E-state index contributed by atoms with van der Waals surface area (Å²) in [5, 5.41) is 13.2. The molecule has 0 aliphatic carbocycles. The van der Waals surface area contributed by atoms with Gasteiger partial charge in [-0.25, -0.2) is 0 Å². The van der Waals surface area contributed by atoms with Crippen LogP contribution in [0.2, 0.25) is 0 Å². The number of hydrogen-bond acceptors (Lipinski definition) is 3. The molecule has 0 amide bonds. The highest BCUT2D eigenvalue weighted by molar-refractivity contribution is 7.71. The summed E-state index contributed by atoms with van der Waals surface area (Å²) in [7, 11) is 0. The second kappa shape index (κ2) is 7.37. The van der Waals surface area contributed by atoms with Crippen LogP contribution in [0.4, 0.5) is 0 Å². The van der Waals surface area contributed by atoms with E-state index in [4.69, 9.17) is 12.2 Å². The van der Waals surface area contributed by atoms with Crippen molar-refractivity contribution in [3.05, 3.63) is 85.9 Å². The largest absolute Gasteiger partial charge is 0.494 e. The number of quaternary nitrogens is 1. The van der Waals surface area contributed by atoms with Gasteiger partial charge in [-0.3, -0.25) is 14.3 Å². The number of aromatic nitrogens is 2. The fourth-order valence-electron chi connectivity index (χ4n) is 3.94. The average molecular weight is 395 g/mol. The van der Waals surface area contributed by atoms with Crippen molar-refractivity contribution in [2.45, 2.75) is 32.2 Å². The number of nitrogens with one attached hydrogen (secondary N) is 1. The molecule has 1 aliphatic heterocycles. The molecule has 0 bridgehead atoms. The van der Waals surface area contributed by atoms with Crippen LogP contribution in [0.1, 0.15) is 48.1 Å². The van der Waals surface area contributed by atoms with E-state index in [2.05, 4.69) is 30.2 Å². The van der Waals surface area contributed by atoms with Crippen molar-refractivity contribution in [2.75, 3.05) is 6.54 Å². The van der Waals surface area contributed by atoms with Crippen molar-refractivity contribution in [3.63, 3.8) is 0 Å². The summed E-state index contributed by atoms with van der Waals surface area (Å²) < 4.78 is 1.73. The normalized spacial score (nSPS) is 16.2. The predicted molar refractivity (Wildman–Crippen MR) is 112 cm³/mol. The summed E-state index contributed by atoms with van der Waals surface area (Å²) in [5.74, 6) is 0.319. The first-order valence-electron chi connectivity index (χ1n) is 9.57. The van der Waals surface area contributed by atoms with Crippen molar-refractivity contribution in [1.82, 2.24) is 9.55 Å². The molecule has 2 aromatic carbocycles. The molecule has 5 nitrogen and oxygen atoms in total. The van der Waals surface area contributed by atoms with Crippen LogP contribution in [0.25, 0.3) is 5.69 Å². The molecular formula is C22H24N3O2S+. The number of aromatic amines is 1. The summed E-state index contributed by atoms with van der Waals surface area (Å²) in [6.07, 6.45) is 0.946. The van der Waals surface area contributed by atoms with Crippen LogP contribution in [0, 0.1) is 4.77 Å². The summed E-state index contributed by atoms with van der Waals surface area (Å²) in [5.41, 5.74) is 4.21. The van der Waals surface area contributed by atoms with Gasteiger partial charge in [0, 0.05) is 12.0 Å². The van der Waals surface area contributed by atoms with E-state index in [1.54, 1.807) is 4.57 Å². The Morgan fingerprint density at radius 1 is 1.18 bits per heavy atom. The van der Waals surface area contributed by atoms with E-state index in [0.29, 0.717) is 11.5 Å². The molecule has 6 heteroatoms. The number of nitrogens with two attached hydrogens (primary N) is 1. The number of hydrogen-bond donors (Lipinski definition) is 3. The van der Waals surface area contributed by atoms with Gasteiger partial charge in [0.1, 0.15) is 11.6 Å². The molecule has 1 atom stereocenters. The number of aromatic hydroxyl groups is 1. The maximum atomic E-state index is 12.8. The average Bonchev–Trinajstić information content (AvgIpc) is 2.68. The fraction of sp³-hybridized carbons (Fsp3) is 0.273. The Balaban J connectivity index is 1.88. The molecular weight excluding hydrogens is 370 g/mol. The first-order valence-corrected chi connectivity index (χ1v) is 9.98. The van der Waals surface area contributed by atoms with Gasteiger partial charge in [-0.15, -0.1) is 0 Å². The van der Waals surface area contributed by atoms with Crippen LogP contribution >= 0.6 is 12.2 Å². The number of rotatable bonds is 3. The summed E-state index contributed by atoms with van der Waals surface area (Å²) >= 11 is 5.37. The van der Waals surface area contributed by atoms with Gasteiger partial charge >= 0.3 is 0 Å². The van der Waals surface area contributed by atoms with E-state index in [0.717, 1.165) is 24.2 Å². The maximum Gasteiger partial charge on any atom is 0.265 e. The Bertz CT molecular complexity index is 1130. The molecule has 0 saturated carbocycles. The van der Waals surface area contributed by atoms with Crippen molar-refractivity contribution >= 4 is 12.2 Å². The van der Waals surface area contributed by atoms with Crippen LogP contribution in [0.3, 0.4) is 0 Å². The maximum absolute atomic E-state index is 12.8. The number of H-pyrrole nitrogens is 1. The Hall–Kier alpha value is -2.70. The molecule has 144 valence electrons. The second-order valence-corrected chi connectivity index (χ2v) is 7.92. The lowest BCUT2D eigenvalue weighted by Crippen LogP contribution is -2.87. The molecule has 3 aromatic rings. The quantitative estimate of drug-likeness (QED) is 0.598. The van der Waals surface area contributed by atoms with Gasteiger partial charge in [0.05, 0.1) is 12.2 Å². The van der Waals surface area contributed by atoms with E-state index in [1.807, 2.05) is 42.5 Å². The van der Waals surface area contributed by atoms with Gasteiger partial charge in [0.15, 0.2) is 4.77 Å². The first-order chi connectivity index (χ1) is 13.5. The molecule has 0 spiro atoms. The molecule has 28 heavy (non-hydrogen) atoms. The Morgan fingerprint density at radius 3 is 2.61 bits per heavy atom. The van der Waals surface area contributed by atoms with Crippen LogP contribution in [0.5, 0.6) is 5.88 Å². The van der Waals surface area contributed by atoms with Gasteiger partial charge in [0.25, 0.3) is 5.56 Å². The topological polar surface area (TPSA) is 74.6 Å². The zero-order valence-corrected chi connectivity index (χ0v) is 16.8. The van der Waals surface area contributed by atoms with E-state index in [-0.39, 0.29) is 22.3 Å². The minimum absolute atomic E-state index is 0.0935. The highest BCUT2D eigenvalue weighted by Crippen LogP contribution is 2.29. The third kappa shape index (κ3) is 3.19. The Morgan fingerprint density at radius 2 is 1.89 bits per heavy atom. The van der Waals surface area contributed by atoms with E-state index in [9.17, 15) is 9.90 Å². The van der Waals surface area contributed by atoms with Crippen LogP contribution in [-0.2, 0) is 6.42 Å². The standard InChI is InChI=1S/C22H23N3O2S/c1-13(2)14-7-9-16(10-8-14)25-21(27)18(20(26)24-22(25)28)19-17-6-4-3-5-15(17)11-12-23-19/h3-10,13,19,23,27H,11-12H2,1-2H3,(H,24,26,28)/p+1/t19-/m0/s1. The van der Waals surface area contributed by atoms with Crippen molar-refractivity contribution in [1.29, 1.82) is 0 Å². The zero-order chi connectivity index (χ0) is 19.8. The van der Waals surface area contributed by atoms with Gasteiger partial charge in [-0.1, -0.05) is 50.2 Å². The molecule has 0 radical (unpaired) electrons. The highest BCUT2D eigenvalue weighted by Gasteiger charge is 2.31. The van der Waals surface area contributed by atoms with E-state index in [1.165, 1.54) is 11.1 Å². The summed E-state index contributed by atoms with van der Waals surface area (Å²) in [4.78, 5) is 15.5. The van der Waals surface area contributed by atoms with Crippen molar-refractivity contribution in [2.24, 2.45) is 0 Å². The van der Waals surface area contributed by atoms with Gasteiger partial charge < -0.3 is 10.4 Å².